The van der Waals surface area contributed by atoms with Gasteiger partial charge in [-0.25, -0.2) is 4.98 Å². The van der Waals surface area contributed by atoms with Gasteiger partial charge in [0.15, 0.2) is 0 Å². The second-order valence-corrected chi connectivity index (χ2v) is 3.51. The second-order valence-electron chi connectivity index (χ2n) is 2.59. The van der Waals surface area contributed by atoms with Gasteiger partial charge < -0.3 is 10.4 Å². The normalized spacial score (nSPS) is 12.6. The van der Waals surface area contributed by atoms with E-state index in [1.54, 1.807) is 13.1 Å². The van der Waals surface area contributed by atoms with Gasteiger partial charge in [0.1, 0.15) is 5.82 Å². The Hall–Kier alpha value is -0.610. The van der Waals surface area contributed by atoms with Gasteiger partial charge >= 0.3 is 0 Å². The van der Waals surface area contributed by atoms with E-state index in [4.69, 9.17) is 5.11 Å². The van der Waals surface area contributed by atoms with E-state index in [2.05, 4.69) is 26.2 Å². The summed E-state index contributed by atoms with van der Waals surface area (Å²) in [5.41, 5.74) is 0. The van der Waals surface area contributed by atoms with E-state index >= 15 is 0 Å². The Balaban J connectivity index is 2.48. The lowest BCUT2D eigenvalue weighted by molar-refractivity contribution is 0.208. The molecule has 0 spiro atoms. The molecule has 0 aromatic carbocycles. The first kappa shape index (κ1) is 9.48. The lowest BCUT2D eigenvalue weighted by Crippen LogP contribution is -2.15. The summed E-state index contributed by atoms with van der Waals surface area (Å²) >= 11 is 3.29. The molecule has 1 atom stereocenters. The van der Waals surface area contributed by atoms with E-state index in [1.807, 2.05) is 12.1 Å². The molecule has 1 aromatic heterocycles. The van der Waals surface area contributed by atoms with Crippen molar-refractivity contribution in [3.63, 3.8) is 0 Å². The lowest BCUT2D eigenvalue weighted by Gasteiger charge is -2.06. The molecular weight excluding hydrogens is 220 g/mol. The molecule has 1 aromatic rings. The molecule has 2 N–H and O–H groups in total. The Morgan fingerprint density at radius 2 is 2.42 bits per heavy atom. The quantitative estimate of drug-likeness (QED) is 0.831. The van der Waals surface area contributed by atoms with Crippen molar-refractivity contribution in [3.05, 3.63) is 22.8 Å². The summed E-state index contributed by atoms with van der Waals surface area (Å²) in [6.07, 6.45) is 1.36. The Morgan fingerprint density at radius 1 is 1.67 bits per heavy atom. The van der Waals surface area contributed by atoms with Crippen LogP contribution in [0.3, 0.4) is 0 Å². The third-order valence-electron chi connectivity index (χ3n) is 1.31. The van der Waals surface area contributed by atoms with Crippen LogP contribution in [0.4, 0.5) is 5.82 Å². The zero-order valence-corrected chi connectivity index (χ0v) is 8.37. The summed E-state index contributed by atoms with van der Waals surface area (Å²) in [4.78, 5) is 4.08. The van der Waals surface area contributed by atoms with Crippen LogP contribution in [0.15, 0.2) is 22.8 Å². The average Bonchev–Trinajstić information content (AvgIpc) is 2.03. The van der Waals surface area contributed by atoms with E-state index in [0.717, 1.165) is 10.3 Å². The van der Waals surface area contributed by atoms with Crippen molar-refractivity contribution < 1.29 is 5.11 Å². The first-order chi connectivity index (χ1) is 5.68. The number of nitrogens with one attached hydrogen (secondary N) is 1. The van der Waals surface area contributed by atoms with Crippen molar-refractivity contribution in [1.29, 1.82) is 0 Å². The minimum absolute atomic E-state index is 0.351. The third-order valence-corrected chi connectivity index (χ3v) is 1.78. The third kappa shape index (κ3) is 3.19. The van der Waals surface area contributed by atoms with E-state index in [1.165, 1.54) is 0 Å². The molecule has 12 heavy (non-hydrogen) atoms. The molecule has 0 bridgehead atoms. The molecule has 1 rings (SSSR count). The summed E-state index contributed by atoms with van der Waals surface area (Å²) < 4.78 is 0.949. The van der Waals surface area contributed by atoms with Crippen LogP contribution in [0.25, 0.3) is 0 Å². The highest BCUT2D eigenvalue weighted by atomic mass is 79.9. The number of aliphatic hydroxyl groups excluding tert-OH is 1. The molecular formula is C8H11BrN2O. The van der Waals surface area contributed by atoms with Crippen molar-refractivity contribution in [2.24, 2.45) is 0 Å². The predicted octanol–water partition coefficient (Wildman–Crippen LogP) is 1.64. The highest BCUT2D eigenvalue weighted by Crippen LogP contribution is 2.09. The predicted molar refractivity (Wildman–Crippen MR) is 52.1 cm³/mol. The molecule has 0 aliphatic rings. The van der Waals surface area contributed by atoms with Gasteiger partial charge in [-0.05, 0) is 35.0 Å². The van der Waals surface area contributed by atoms with Crippen molar-refractivity contribution >= 4 is 21.7 Å². The van der Waals surface area contributed by atoms with Crippen LogP contribution in [0, 0.1) is 0 Å². The fourth-order valence-electron chi connectivity index (χ4n) is 0.733. The molecule has 0 unspecified atom stereocenters. The molecule has 1 heterocycles. The fraction of sp³-hybridized carbons (Fsp3) is 0.375. The highest BCUT2D eigenvalue weighted by Gasteiger charge is 1.96. The standard InChI is InChI=1S/C8H11BrN2O/c1-6(12)4-10-8-3-2-7(9)5-11-8/h2-3,5-6,12H,4H2,1H3,(H,10,11)/t6-/m0/s1. The van der Waals surface area contributed by atoms with Gasteiger partial charge in [-0.3, -0.25) is 0 Å². The number of aromatic nitrogens is 1. The van der Waals surface area contributed by atoms with Crippen LogP contribution in [0.2, 0.25) is 0 Å². The fourth-order valence-corrected chi connectivity index (χ4v) is 0.967. The van der Waals surface area contributed by atoms with Crippen molar-refractivity contribution in [1.82, 2.24) is 4.98 Å². The molecule has 0 saturated carbocycles. The van der Waals surface area contributed by atoms with Crippen LogP contribution in [-0.2, 0) is 0 Å². The van der Waals surface area contributed by atoms with Crippen LogP contribution in [-0.4, -0.2) is 22.7 Å². The second kappa shape index (κ2) is 4.42. The van der Waals surface area contributed by atoms with Gasteiger partial charge in [0.25, 0.3) is 0 Å². The molecule has 0 fully saturated rings. The number of pyridine rings is 1. The monoisotopic (exact) mass is 230 g/mol. The zero-order chi connectivity index (χ0) is 8.97. The number of rotatable bonds is 3. The van der Waals surface area contributed by atoms with Crippen molar-refractivity contribution in [3.8, 4) is 0 Å². The van der Waals surface area contributed by atoms with Gasteiger partial charge in [0, 0.05) is 17.2 Å². The number of halogens is 1. The number of hydrogen-bond donors (Lipinski definition) is 2. The summed E-state index contributed by atoms with van der Waals surface area (Å²) in [5.74, 6) is 0.777. The first-order valence-corrected chi connectivity index (χ1v) is 4.51. The van der Waals surface area contributed by atoms with Gasteiger partial charge in [0.2, 0.25) is 0 Å². The van der Waals surface area contributed by atoms with Gasteiger partial charge in [-0.1, -0.05) is 0 Å². The summed E-state index contributed by atoms with van der Waals surface area (Å²) in [7, 11) is 0. The van der Waals surface area contributed by atoms with Gasteiger partial charge in [-0.2, -0.15) is 0 Å². The molecule has 0 saturated heterocycles. The van der Waals surface area contributed by atoms with Gasteiger partial charge in [-0.15, -0.1) is 0 Å². The molecule has 0 aliphatic carbocycles. The molecule has 66 valence electrons. The summed E-state index contributed by atoms with van der Waals surface area (Å²) in [5, 5.41) is 12.0. The highest BCUT2D eigenvalue weighted by molar-refractivity contribution is 9.10. The Bertz CT molecular complexity index is 235. The smallest absolute Gasteiger partial charge is 0.126 e. The van der Waals surface area contributed by atoms with Crippen molar-refractivity contribution in [2.45, 2.75) is 13.0 Å². The first-order valence-electron chi connectivity index (χ1n) is 3.72. The maximum absolute atomic E-state index is 8.97. The Kier molecular flexibility index (Phi) is 3.49. The summed E-state index contributed by atoms with van der Waals surface area (Å²) in [6.45, 7) is 2.25. The molecule has 0 amide bonds. The van der Waals surface area contributed by atoms with Crippen LogP contribution < -0.4 is 5.32 Å². The van der Waals surface area contributed by atoms with Crippen LogP contribution in [0.5, 0.6) is 0 Å². The minimum atomic E-state index is -0.351. The number of hydrogen-bond acceptors (Lipinski definition) is 3. The Labute approximate surface area is 80.0 Å². The summed E-state index contributed by atoms with van der Waals surface area (Å²) in [6, 6.07) is 3.75. The van der Waals surface area contributed by atoms with E-state index in [-0.39, 0.29) is 6.10 Å². The SMILES string of the molecule is C[C@H](O)CNc1ccc(Br)cn1. The average molecular weight is 231 g/mol. The van der Waals surface area contributed by atoms with Gasteiger partial charge in [0.05, 0.1) is 6.10 Å². The topological polar surface area (TPSA) is 45.1 Å². The van der Waals surface area contributed by atoms with Crippen LogP contribution in [0.1, 0.15) is 6.92 Å². The van der Waals surface area contributed by atoms with Crippen molar-refractivity contribution in [2.75, 3.05) is 11.9 Å². The van der Waals surface area contributed by atoms with E-state index < -0.39 is 0 Å². The molecule has 0 radical (unpaired) electrons. The largest absolute Gasteiger partial charge is 0.392 e. The lowest BCUT2D eigenvalue weighted by atomic mass is 10.4. The zero-order valence-electron chi connectivity index (χ0n) is 6.79. The minimum Gasteiger partial charge on any atom is -0.392 e. The molecule has 4 heteroatoms. The maximum Gasteiger partial charge on any atom is 0.126 e. The van der Waals surface area contributed by atoms with E-state index in [9.17, 15) is 0 Å². The Morgan fingerprint density at radius 3 is 2.92 bits per heavy atom. The number of anilines is 1. The maximum atomic E-state index is 8.97. The number of nitrogens with zero attached hydrogens (tertiary/aromatic N) is 1. The molecule has 0 aliphatic heterocycles. The number of aliphatic hydroxyl groups is 1. The van der Waals surface area contributed by atoms with Crippen LogP contribution >= 0.6 is 15.9 Å². The van der Waals surface area contributed by atoms with E-state index in [0.29, 0.717) is 6.54 Å². The molecule has 3 nitrogen and oxygen atoms in total.